The van der Waals surface area contributed by atoms with E-state index in [0.717, 1.165) is 88.2 Å². The van der Waals surface area contributed by atoms with Gasteiger partial charge in [0.2, 0.25) is 5.95 Å². The van der Waals surface area contributed by atoms with Crippen LogP contribution in [0.1, 0.15) is 0 Å². The Hall–Kier alpha value is -7.96. The van der Waals surface area contributed by atoms with Gasteiger partial charge in [-0.3, -0.25) is 8.97 Å². The summed E-state index contributed by atoms with van der Waals surface area (Å²) >= 11 is 0. The zero-order valence-electron chi connectivity index (χ0n) is 31.2. The van der Waals surface area contributed by atoms with Crippen molar-refractivity contribution in [3.63, 3.8) is 0 Å². The van der Waals surface area contributed by atoms with Crippen LogP contribution in [0.5, 0.6) is 0 Å². The molecule has 6 heteroatoms. The molecule has 4 heterocycles. The highest BCUT2D eigenvalue weighted by molar-refractivity contribution is 6.26. The number of hydrogen-bond acceptors (Lipinski definition) is 4. The largest absolute Gasteiger partial charge is 0.291 e. The van der Waals surface area contributed by atoms with Gasteiger partial charge in [0.1, 0.15) is 5.65 Å². The molecule has 12 aromatic rings. The Labute approximate surface area is 333 Å². The first-order valence-corrected chi connectivity index (χ1v) is 19.5. The van der Waals surface area contributed by atoms with Crippen LogP contribution in [0.25, 0.3) is 111 Å². The summed E-state index contributed by atoms with van der Waals surface area (Å²) in [6.07, 6.45) is 0. The lowest BCUT2D eigenvalue weighted by Gasteiger charge is -2.13. The molecule has 270 valence electrons. The average molecular weight is 741 g/mol. The van der Waals surface area contributed by atoms with Gasteiger partial charge in [-0.05, 0) is 64.0 Å². The van der Waals surface area contributed by atoms with Crippen LogP contribution in [0.4, 0.5) is 0 Å². The van der Waals surface area contributed by atoms with Crippen molar-refractivity contribution in [3.8, 4) is 51.0 Å². The molecule has 0 fully saturated rings. The van der Waals surface area contributed by atoms with Gasteiger partial charge in [-0.1, -0.05) is 158 Å². The molecule has 0 aliphatic rings. The van der Waals surface area contributed by atoms with E-state index in [4.69, 9.17) is 19.9 Å². The molecule has 0 N–H and O–H groups in total. The highest BCUT2D eigenvalue weighted by Gasteiger charge is 2.23. The maximum Gasteiger partial charge on any atom is 0.238 e. The zero-order chi connectivity index (χ0) is 38.2. The minimum Gasteiger partial charge on any atom is -0.291 e. The van der Waals surface area contributed by atoms with Crippen LogP contribution in [0, 0.1) is 0 Å². The van der Waals surface area contributed by atoms with Crippen LogP contribution in [0.3, 0.4) is 0 Å². The van der Waals surface area contributed by atoms with Crippen molar-refractivity contribution in [1.82, 2.24) is 28.9 Å². The third kappa shape index (κ3) is 4.98. The molecule has 8 aromatic carbocycles. The Morgan fingerprint density at radius 2 is 0.862 bits per heavy atom. The summed E-state index contributed by atoms with van der Waals surface area (Å²) in [5, 5.41) is 5.68. The first-order valence-electron chi connectivity index (χ1n) is 19.5. The summed E-state index contributed by atoms with van der Waals surface area (Å²) in [6.45, 7) is 0. The molecule has 0 unspecified atom stereocenters. The second-order valence-corrected chi connectivity index (χ2v) is 14.7. The van der Waals surface area contributed by atoms with Crippen LogP contribution in [-0.2, 0) is 0 Å². The van der Waals surface area contributed by atoms with Crippen LogP contribution >= 0.6 is 0 Å². The quantitative estimate of drug-likeness (QED) is 0.165. The third-order valence-electron chi connectivity index (χ3n) is 11.3. The zero-order valence-corrected chi connectivity index (χ0v) is 31.2. The van der Waals surface area contributed by atoms with E-state index in [2.05, 4.69) is 191 Å². The average Bonchev–Trinajstić information content (AvgIpc) is 3.86. The van der Waals surface area contributed by atoms with Gasteiger partial charge in [0.15, 0.2) is 11.6 Å². The summed E-state index contributed by atoms with van der Waals surface area (Å²) < 4.78 is 4.56. The number of nitrogens with zero attached hydrogens (tertiary/aromatic N) is 6. The molecule has 0 amide bonds. The number of para-hydroxylation sites is 3. The molecule has 0 radical (unpaired) electrons. The van der Waals surface area contributed by atoms with Gasteiger partial charge in [-0.15, -0.1) is 0 Å². The Morgan fingerprint density at radius 1 is 0.328 bits per heavy atom. The molecule has 12 rings (SSSR count). The van der Waals surface area contributed by atoms with E-state index in [1.165, 1.54) is 5.39 Å². The Morgan fingerprint density at radius 3 is 1.53 bits per heavy atom. The van der Waals surface area contributed by atoms with E-state index in [1.807, 2.05) is 12.1 Å². The van der Waals surface area contributed by atoms with Crippen molar-refractivity contribution in [1.29, 1.82) is 0 Å². The Balaban J connectivity index is 1.18. The molecule has 0 bridgehead atoms. The first-order chi connectivity index (χ1) is 28.8. The lowest BCUT2D eigenvalue weighted by Crippen LogP contribution is -2.06. The lowest BCUT2D eigenvalue weighted by atomic mass is 10.0. The summed E-state index contributed by atoms with van der Waals surface area (Å²) in [5.41, 5.74) is 12.4. The van der Waals surface area contributed by atoms with Crippen LogP contribution in [-0.4, -0.2) is 28.9 Å². The molecule has 0 saturated heterocycles. The number of fused-ring (bicyclic) bond motifs is 12. The van der Waals surface area contributed by atoms with E-state index in [1.54, 1.807) is 0 Å². The fourth-order valence-corrected chi connectivity index (χ4v) is 8.71. The lowest BCUT2D eigenvalue weighted by molar-refractivity contribution is 0.953. The normalized spacial score (nSPS) is 11.8. The van der Waals surface area contributed by atoms with Gasteiger partial charge in [0, 0.05) is 32.7 Å². The van der Waals surface area contributed by atoms with Gasteiger partial charge in [0.05, 0.1) is 27.6 Å². The second-order valence-electron chi connectivity index (χ2n) is 14.7. The highest BCUT2D eigenvalue weighted by Crippen LogP contribution is 2.41. The summed E-state index contributed by atoms with van der Waals surface area (Å²) in [7, 11) is 0. The smallest absolute Gasteiger partial charge is 0.238 e. The van der Waals surface area contributed by atoms with Crippen molar-refractivity contribution in [3.05, 3.63) is 194 Å². The van der Waals surface area contributed by atoms with Crippen molar-refractivity contribution < 1.29 is 0 Å². The minimum absolute atomic E-state index is 0.549. The maximum absolute atomic E-state index is 5.34. The standard InChI is InChI=1S/C52H32N6/c1-3-15-33(16-4-1)35-19-13-21-37(31-35)49-54-50(38-22-14-20-36(32-38)34-17-5-2-6-18-34)56-52(55-49)57-44-27-11-9-25-42(44)47-46(57)30-29-40-39-23-7-8-24-41(39)51-53-43-26-10-12-28-45(43)58(51)48(40)47/h1-32H. The maximum atomic E-state index is 5.34. The number of benzene rings is 8. The van der Waals surface area contributed by atoms with Crippen LogP contribution < -0.4 is 0 Å². The fraction of sp³-hybridized carbons (Fsp3) is 0. The highest BCUT2D eigenvalue weighted by atomic mass is 15.2. The van der Waals surface area contributed by atoms with Crippen molar-refractivity contribution in [2.45, 2.75) is 0 Å². The van der Waals surface area contributed by atoms with Crippen LogP contribution in [0.2, 0.25) is 0 Å². The molecular weight excluding hydrogens is 709 g/mol. The molecule has 4 aromatic heterocycles. The van der Waals surface area contributed by atoms with Gasteiger partial charge < -0.3 is 0 Å². The topological polar surface area (TPSA) is 60.9 Å². The molecule has 58 heavy (non-hydrogen) atoms. The minimum atomic E-state index is 0.549. The summed E-state index contributed by atoms with van der Waals surface area (Å²) in [6, 6.07) is 67.9. The molecule has 0 aliphatic carbocycles. The predicted octanol–water partition coefficient (Wildman–Crippen LogP) is 12.7. The van der Waals surface area contributed by atoms with Crippen molar-refractivity contribution in [2.24, 2.45) is 0 Å². The number of pyridine rings is 1. The van der Waals surface area contributed by atoms with Crippen LogP contribution in [0.15, 0.2) is 194 Å². The summed E-state index contributed by atoms with van der Waals surface area (Å²) in [4.78, 5) is 21.1. The molecule has 0 aliphatic heterocycles. The molecule has 0 spiro atoms. The Kier molecular flexibility index (Phi) is 7.13. The molecule has 0 atom stereocenters. The Bertz CT molecular complexity index is 3470. The SMILES string of the molecule is c1ccc(-c2cccc(-c3nc(-c4cccc(-c5ccccc5)c4)nc(-n4c5ccccc5c5c4ccc4c6ccccc6c6nc7ccccc7n6c45)n3)c2)cc1. The number of hydrogen-bond donors (Lipinski definition) is 0. The first kappa shape index (κ1) is 32.3. The third-order valence-corrected chi connectivity index (χ3v) is 11.3. The monoisotopic (exact) mass is 740 g/mol. The fourth-order valence-electron chi connectivity index (χ4n) is 8.71. The second kappa shape index (κ2) is 12.8. The van der Waals surface area contributed by atoms with Crippen molar-refractivity contribution in [2.75, 3.05) is 0 Å². The van der Waals surface area contributed by atoms with E-state index in [0.29, 0.717) is 17.6 Å². The van der Waals surface area contributed by atoms with E-state index >= 15 is 0 Å². The predicted molar refractivity (Wildman–Crippen MR) is 237 cm³/mol. The number of imidazole rings is 1. The number of rotatable bonds is 5. The van der Waals surface area contributed by atoms with E-state index in [9.17, 15) is 0 Å². The summed E-state index contributed by atoms with van der Waals surface area (Å²) in [5.74, 6) is 1.75. The number of aromatic nitrogens is 6. The van der Waals surface area contributed by atoms with Crippen molar-refractivity contribution >= 4 is 60.2 Å². The molecule has 0 saturated carbocycles. The van der Waals surface area contributed by atoms with Gasteiger partial charge in [0.25, 0.3) is 0 Å². The van der Waals surface area contributed by atoms with Gasteiger partial charge >= 0.3 is 0 Å². The van der Waals surface area contributed by atoms with E-state index < -0.39 is 0 Å². The molecular formula is C52H32N6. The van der Waals surface area contributed by atoms with Gasteiger partial charge in [-0.25, -0.2) is 9.97 Å². The molecule has 6 nitrogen and oxygen atoms in total. The van der Waals surface area contributed by atoms with Gasteiger partial charge in [-0.2, -0.15) is 9.97 Å². The van der Waals surface area contributed by atoms with E-state index in [-0.39, 0.29) is 0 Å².